The van der Waals surface area contributed by atoms with Gasteiger partial charge in [-0.05, 0) is 13.3 Å². The molecule has 0 spiro atoms. The first-order valence-corrected chi connectivity index (χ1v) is 3.43. The van der Waals surface area contributed by atoms with E-state index in [0.29, 0.717) is 13.2 Å². The first-order chi connectivity index (χ1) is 4.13. The Labute approximate surface area is 55.8 Å². The Balaban J connectivity index is 2.49. The summed E-state index contributed by atoms with van der Waals surface area (Å²) < 4.78 is 5.16. The van der Waals surface area contributed by atoms with Crippen LogP contribution in [0.4, 0.5) is 0 Å². The van der Waals surface area contributed by atoms with E-state index in [1.165, 1.54) is 0 Å². The van der Waals surface area contributed by atoms with Gasteiger partial charge in [0.05, 0.1) is 12.2 Å². The Morgan fingerprint density at radius 1 is 1.67 bits per heavy atom. The molecule has 0 aliphatic carbocycles. The van der Waals surface area contributed by atoms with Gasteiger partial charge in [0.1, 0.15) is 0 Å². The van der Waals surface area contributed by atoms with E-state index in [1.807, 2.05) is 13.8 Å². The summed E-state index contributed by atoms with van der Waals surface area (Å²) in [6.45, 7) is 5.30. The summed E-state index contributed by atoms with van der Waals surface area (Å²) in [5.74, 6) is 0.284. The Hall–Kier alpha value is -0.0800. The third-order valence-corrected chi connectivity index (χ3v) is 2.18. The van der Waals surface area contributed by atoms with Crippen LogP contribution in [-0.4, -0.2) is 23.9 Å². The number of ether oxygens (including phenoxy) is 1. The second-order valence-corrected chi connectivity index (χ2v) is 3.08. The highest BCUT2D eigenvalue weighted by Gasteiger charge is 2.31. The van der Waals surface area contributed by atoms with Crippen LogP contribution < -0.4 is 0 Å². The van der Waals surface area contributed by atoms with Gasteiger partial charge in [-0.2, -0.15) is 0 Å². The quantitative estimate of drug-likeness (QED) is 0.525. The van der Waals surface area contributed by atoms with Crippen molar-refractivity contribution in [2.75, 3.05) is 13.2 Å². The van der Waals surface area contributed by atoms with Gasteiger partial charge in [0, 0.05) is 12.5 Å². The second-order valence-electron chi connectivity index (χ2n) is 3.08. The van der Waals surface area contributed by atoms with E-state index in [4.69, 9.17) is 4.74 Å². The van der Waals surface area contributed by atoms with Crippen LogP contribution in [0.1, 0.15) is 20.3 Å². The Bertz CT molecular complexity index is 99.1. The number of rotatable bonds is 0. The molecule has 0 amide bonds. The van der Waals surface area contributed by atoms with Gasteiger partial charge in [-0.15, -0.1) is 0 Å². The zero-order chi connectivity index (χ0) is 6.91. The van der Waals surface area contributed by atoms with Crippen LogP contribution in [0, 0.1) is 5.92 Å². The van der Waals surface area contributed by atoms with Crippen molar-refractivity contribution in [3.05, 3.63) is 0 Å². The lowest BCUT2D eigenvalue weighted by Gasteiger charge is -2.34. The topological polar surface area (TPSA) is 29.5 Å². The molecule has 1 aliphatic heterocycles. The smallest absolute Gasteiger partial charge is 0.0689 e. The van der Waals surface area contributed by atoms with E-state index in [0.717, 1.165) is 6.42 Å². The Kier molecular flexibility index (Phi) is 1.78. The molecule has 0 aromatic heterocycles. The lowest BCUT2D eigenvalue weighted by atomic mass is 9.87. The summed E-state index contributed by atoms with van der Waals surface area (Å²) in [7, 11) is 0. The fourth-order valence-electron chi connectivity index (χ4n) is 0.965. The van der Waals surface area contributed by atoms with E-state index in [-0.39, 0.29) is 5.92 Å². The van der Waals surface area contributed by atoms with Gasteiger partial charge < -0.3 is 9.84 Å². The highest BCUT2D eigenvalue weighted by molar-refractivity contribution is 4.81. The number of hydrogen-bond acceptors (Lipinski definition) is 2. The van der Waals surface area contributed by atoms with Crippen LogP contribution in [-0.2, 0) is 4.74 Å². The van der Waals surface area contributed by atoms with E-state index >= 15 is 0 Å². The van der Waals surface area contributed by atoms with Crippen molar-refractivity contribution in [3.8, 4) is 0 Å². The minimum Gasteiger partial charge on any atom is -0.390 e. The monoisotopic (exact) mass is 130 g/mol. The van der Waals surface area contributed by atoms with Crippen LogP contribution in [0.15, 0.2) is 0 Å². The van der Waals surface area contributed by atoms with Gasteiger partial charge in [0.2, 0.25) is 0 Å². The van der Waals surface area contributed by atoms with E-state index in [1.54, 1.807) is 0 Å². The molecule has 2 heteroatoms. The lowest BCUT2D eigenvalue weighted by Crippen LogP contribution is -2.40. The maximum Gasteiger partial charge on any atom is 0.0689 e. The minimum atomic E-state index is -0.488. The number of hydrogen-bond donors (Lipinski definition) is 1. The fourth-order valence-corrected chi connectivity index (χ4v) is 0.965. The molecule has 0 bridgehead atoms. The van der Waals surface area contributed by atoms with Crippen molar-refractivity contribution in [3.63, 3.8) is 0 Å². The SMILES string of the molecule is CC1COCC[C@@]1(C)O. The van der Waals surface area contributed by atoms with Gasteiger partial charge in [-0.1, -0.05) is 6.92 Å². The zero-order valence-electron chi connectivity index (χ0n) is 6.05. The van der Waals surface area contributed by atoms with Crippen molar-refractivity contribution in [2.24, 2.45) is 5.92 Å². The molecule has 1 N–H and O–H groups in total. The molecule has 0 saturated carbocycles. The van der Waals surface area contributed by atoms with Crippen molar-refractivity contribution in [1.82, 2.24) is 0 Å². The molecule has 0 aromatic rings. The Morgan fingerprint density at radius 3 is 2.67 bits per heavy atom. The molecular formula is C7H14O2. The summed E-state index contributed by atoms with van der Waals surface area (Å²) in [6, 6.07) is 0. The maximum atomic E-state index is 9.56. The Morgan fingerprint density at radius 2 is 2.33 bits per heavy atom. The molecule has 1 saturated heterocycles. The summed E-state index contributed by atoms with van der Waals surface area (Å²) in [4.78, 5) is 0. The molecule has 2 atom stereocenters. The van der Waals surface area contributed by atoms with E-state index in [9.17, 15) is 5.11 Å². The van der Waals surface area contributed by atoms with E-state index in [2.05, 4.69) is 0 Å². The predicted octanol–water partition coefficient (Wildman–Crippen LogP) is 0.794. The molecule has 1 aliphatic rings. The van der Waals surface area contributed by atoms with Crippen LogP contribution in [0.5, 0.6) is 0 Å². The summed E-state index contributed by atoms with van der Waals surface area (Å²) in [5.41, 5.74) is -0.488. The standard InChI is InChI=1S/C7H14O2/c1-6-5-9-4-3-7(6,2)8/h6,8H,3-5H2,1-2H3/t6?,7-/m1/s1. The molecule has 0 aromatic carbocycles. The van der Waals surface area contributed by atoms with Gasteiger partial charge in [0.15, 0.2) is 0 Å². The summed E-state index contributed by atoms with van der Waals surface area (Å²) in [6.07, 6.45) is 0.772. The van der Waals surface area contributed by atoms with Gasteiger partial charge >= 0.3 is 0 Å². The van der Waals surface area contributed by atoms with Crippen molar-refractivity contribution in [2.45, 2.75) is 25.9 Å². The van der Waals surface area contributed by atoms with Gasteiger partial charge in [0.25, 0.3) is 0 Å². The molecule has 1 rings (SSSR count). The van der Waals surface area contributed by atoms with E-state index < -0.39 is 5.60 Å². The molecule has 1 unspecified atom stereocenters. The molecule has 0 radical (unpaired) electrons. The lowest BCUT2D eigenvalue weighted by molar-refractivity contribution is -0.0938. The largest absolute Gasteiger partial charge is 0.390 e. The normalized spacial score (nSPS) is 45.0. The molecule has 1 heterocycles. The third kappa shape index (κ3) is 1.43. The molecule has 54 valence electrons. The number of aliphatic hydroxyl groups is 1. The van der Waals surface area contributed by atoms with Gasteiger partial charge in [-0.25, -0.2) is 0 Å². The maximum absolute atomic E-state index is 9.56. The third-order valence-electron chi connectivity index (χ3n) is 2.18. The minimum absolute atomic E-state index is 0.284. The van der Waals surface area contributed by atoms with Crippen LogP contribution in [0.3, 0.4) is 0 Å². The van der Waals surface area contributed by atoms with Crippen molar-refractivity contribution in [1.29, 1.82) is 0 Å². The van der Waals surface area contributed by atoms with Crippen LogP contribution >= 0.6 is 0 Å². The van der Waals surface area contributed by atoms with Crippen molar-refractivity contribution >= 4 is 0 Å². The molecule has 9 heavy (non-hydrogen) atoms. The highest BCUT2D eigenvalue weighted by atomic mass is 16.5. The van der Waals surface area contributed by atoms with Crippen molar-refractivity contribution < 1.29 is 9.84 Å². The second kappa shape index (κ2) is 2.27. The highest BCUT2D eigenvalue weighted by Crippen LogP contribution is 2.24. The molecule has 1 fully saturated rings. The first kappa shape index (κ1) is 7.03. The summed E-state index contributed by atoms with van der Waals surface area (Å²) >= 11 is 0. The molecule has 2 nitrogen and oxygen atoms in total. The fraction of sp³-hybridized carbons (Fsp3) is 1.00. The average molecular weight is 130 g/mol. The van der Waals surface area contributed by atoms with Gasteiger partial charge in [-0.3, -0.25) is 0 Å². The summed E-state index contributed by atoms with van der Waals surface area (Å²) in [5, 5.41) is 9.56. The van der Waals surface area contributed by atoms with Crippen LogP contribution in [0.2, 0.25) is 0 Å². The van der Waals surface area contributed by atoms with Crippen LogP contribution in [0.25, 0.3) is 0 Å². The zero-order valence-corrected chi connectivity index (χ0v) is 6.05. The first-order valence-electron chi connectivity index (χ1n) is 3.43. The average Bonchev–Trinajstić information content (AvgIpc) is 1.77. The predicted molar refractivity (Wildman–Crippen MR) is 35.2 cm³/mol. The molecular weight excluding hydrogens is 116 g/mol.